The summed E-state index contributed by atoms with van der Waals surface area (Å²) < 4.78 is 7.59. The molecule has 1 aromatic carbocycles. The Bertz CT molecular complexity index is 967. The first-order valence-electron chi connectivity index (χ1n) is 8.55. The molecule has 3 rings (SSSR count). The van der Waals surface area contributed by atoms with Crippen molar-refractivity contribution in [1.82, 2.24) is 19.4 Å². The topological polar surface area (TPSA) is 83.7 Å². The van der Waals surface area contributed by atoms with E-state index in [1.807, 2.05) is 38.2 Å². The van der Waals surface area contributed by atoms with Gasteiger partial charge in [-0.2, -0.15) is 4.98 Å². The molecule has 0 saturated carbocycles. The van der Waals surface area contributed by atoms with Gasteiger partial charge in [-0.25, -0.2) is 9.78 Å². The van der Waals surface area contributed by atoms with Crippen LogP contribution >= 0.6 is 0 Å². The zero-order chi connectivity index (χ0) is 19.6. The fraction of sp³-hybridized carbons (Fsp3) is 0.316. The molecule has 8 nitrogen and oxygen atoms in total. The van der Waals surface area contributed by atoms with E-state index in [4.69, 9.17) is 4.74 Å². The summed E-state index contributed by atoms with van der Waals surface area (Å²) in [6.45, 7) is 1.66. The lowest BCUT2D eigenvalue weighted by atomic mass is 10.2. The van der Waals surface area contributed by atoms with Gasteiger partial charge in [-0.15, -0.1) is 0 Å². The predicted molar refractivity (Wildman–Crippen MR) is 104 cm³/mol. The van der Waals surface area contributed by atoms with Gasteiger partial charge in [-0.05, 0) is 26.2 Å². The van der Waals surface area contributed by atoms with E-state index < -0.39 is 5.97 Å². The average molecular weight is 369 g/mol. The number of fused-ring (bicyclic) bond motifs is 1. The van der Waals surface area contributed by atoms with Crippen molar-refractivity contribution in [3.63, 3.8) is 0 Å². The normalized spacial score (nSPS) is 11.1. The van der Waals surface area contributed by atoms with Gasteiger partial charge in [0.25, 0.3) is 0 Å². The van der Waals surface area contributed by atoms with Gasteiger partial charge in [0.05, 0.1) is 5.52 Å². The van der Waals surface area contributed by atoms with Gasteiger partial charge in [-0.1, -0.05) is 12.1 Å². The van der Waals surface area contributed by atoms with Crippen molar-refractivity contribution < 1.29 is 14.6 Å². The van der Waals surface area contributed by atoms with E-state index in [1.165, 1.54) is 0 Å². The van der Waals surface area contributed by atoms with E-state index in [0.717, 1.165) is 18.5 Å². The molecule has 27 heavy (non-hydrogen) atoms. The molecule has 0 fully saturated rings. The molecule has 0 spiro atoms. The van der Waals surface area contributed by atoms with Crippen molar-refractivity contribution in [2.45, 2.75) is 0 Å². The monoisotopic (exact) mass is 369 g/mol. The Hall–Kier alpha value is -3.13. The van der Waals surface area contributed by atoms with E-state index in [1.54, 1.807) is 36.0 Å². The highest BCUT2D eigenvalue weighted by atomic mass is 16.5. The molecule has 1 N–H and O–H groups in total. The molecule has 2 heterocycles. The zero-order valence-electron chi connectivity index (χ0n) is 15.9. The molecule has 2 aromatic heterocycles. The fourth-order valence-electron chi connectivity index (χ4n) is 2.80. The van der Waals surface area contributed by atoms with E-state index in [2.05, 4.69) is 14.9 Å². The summed E-state index contributed by atoms with van der Waals surface area (Å²) in [5.41, 5.74) is 0.906. The first-order valence-corrected chi connectivity index (χ1v) is 8.55. The lowest BCUT2D eigenvalue weighted by Gasteiger charge is -2.19. The minimum Gasteiger partial charge on any atom is -0.477 e. The summed E-state index contributed by atoms with van der Waals surface area (Å²) in [5.74, 6) is 0.538. The maximum absolute atomic E-state index is 11.4. The van der Waals surface area contributed by atoms with Crippen LogP contribution in [0.1, 0.15) is 10.5 Å². The minimum atomic E-state index is -0.980. The number of anilines is 1. The fourth-order valence-corrected chi connectivity index (χ4v) is 2.80. The lowest BCUT2D eigenvalue weighted by Crippen LogP contribution is -2.29. The van der Waals surface area contributed by atoms with Gasteiger partial charge in [0.2, 0.25) is 11.8 Å². The molecular weight excluding hydrogens is 346 g/mol. The van der Waals surface area contributed by atoms with Crippen molar-refractivity contribution in [2.24, 2.45) is 7.05 Å². The smallest absolute Gasteiger partial charge is 0.352 e. The van der Waals surface area contributed by atoms with E-state index >= 15 is 0 Å². The van der Waals surface area contributed by atoms with E-state index in [0.29, 0.717) is 23.1 Å². The number of carbonyl (C=O) groups is 1. The van der Waals surface area contributed by atoms with Crippen molar-refractivity contribution in [2.75, 3.05) is 39.1 Å². The third-order valence-corrected chi connectivity index (χ3v) is 4.29. The number of carboxylic acid groups (broad SMARTS) is 1. The molecular formula is C19H23N5O3. The number of likely N-dealkylation sites (N-methyl/N-ethyl adjacent to an activating group) is 2. The molecule has 0 bridgehead atoms. The third kappa shape index (κ3) is 4.01. The van der Waals surface area contributed by atoms with Crippen LogP contribution in [0.25, 0.3) is 10.9 Å². The number of rotatable bonds is 7. The lowest BCUT2D eigenvalue weighted by molar-refractivity contribution is 0.0687. The van der Waals surface area contributed by atoms with Crippen LogP contribution in [-0.2, 0) is 7.05 Å². The molecule has 0 aliphatic rings. The van der Waals surface area contributed by atoms with Gasteiger partial charge in [0, 0.05) is 44.8 Å². The van der Waals surface area contributed by atoms with Gasteiger partial charge < -0.3 is 24.2 Å². The number of para-hydroxylation sites is 1. The van der Waals surface area contributed by atoms with Crippen LogP contribution in [0.15, 0.2) is 36.5 Å². The first-order chi connectivity index (χ1) is 12.9. The predicted octanol–water partition coefficient (Wildman–Crippen LogP) is 2.46. The molecule has 0 atom stereocenters. The third-order valence-electron chi connectivity index (χ3n) is 4.29. The van der Waals surface area contributed by atoms with E-state index in [9.17, 15) is 9.90 Å². The summed E-state index contributed by atoms with van der Waals surface area (Å²) >= 11 is 0. The van der Waals surface area contributed by atoms with E-state index in [-0.39, 0.29) is 5.69 Å². The summed E-state index contributed by atoms with van der Waals surface area (Å²) in [6, 6.07) is 8.79. The van der Waals surface area contributed by atoms with Crippen LogP contribution in [0.2, 0.25) is 0 Å². The Morgan fingerprint density at radius 1 is 1.22 bits per heavy atom. The molecule has 8 heteroatoms. The summed E-state index contributed by atoms with van der Waals surface area (Å²) in [7, 11) is 7.67. The molecule has 0 aliphatic heterocycles. The molecule has 0 saturated heterocycles. The Kier molecular flexibility index (Phi) is 5.27. The van der Waals surface area contributed by atoms with Crippen LogP contribution in [-0.4, -0.2) is 64.7 Å². The number of hydrogen-bond donors (Lipinski definition) is 1. The highest BCUT2D eigenvalue weighted by Crippen LogP contribution is 2.31. The van der Waals surface area contributed by atoms with Gasteiger partial charge >= 0.3 is 5.97 Å². The van der Waals surface area contributed by atoms with Crippen LogP contribution in [0, 0.1) is 0 Å². The van der Waals surface area contributed by atoms with Crippen molar-refractivity contribution in [3.05, 3.63) is 42.2 Å². The van der Waals surface area contributed by atoms with Crippen molar-refractivity contribution >= 4 is 22.8 Å². The quantitative estimate of drug-likeness (QED) is 0.685. The molecule has 0 amide bonds. The Balaban J connectivity index is 1.90. The standard InChI is InChI=1S/C19H23N5O3/c1-22(2)10-11-23(3)19-20-9-8-16(21-19)27-15-7-5-6-13-12-14(18(25)26)24(4)17(13)15/h5-9,12H,10-11H2,1-4H3,(H,25,26). The summed E-state index contributed by atoms with van der Waals surface area (Å²) in [4.78, 5) is 24.2. The number of carboxylic acids is 1. The molecule has 3 aromatic rings. The maximum atomic E-state index is 11.4. The van der Waals surface area contributed by atoms with Crippen LogP contribution in [0.3, 0.4) is 0 Å². The number of ether oxygens (including phenoxy) is 1. The maximum Gasteiger partial charge on any atom is 0.352 e. The molecule has 142 valence electrons. The number of aryl methyl sites for hydroxylation is 1. The Labute approximate surface area is 157 Å². The number of hydrogen-bond acceptors (Lipinski definition) is 6. The Morgan fingerprint density at radius 3 is 2.70 bits per heavy atom. The van der Waals surface area contributed by atoms with Gasteiger partial charge in [-0.3, -0.25) is 0 Å². The summed E-state index contributed by atoms with van der Waals surface area (Å²) in [5, 5.41) is 10.1. The number of benzene rings is 1. The van der Waals surface area contributed by atoms with Crippen molar-refractivity contribution in [1.29, 1.82) is 0 Å². The molecule has 0 unspecified atom stereocenters. The molecule has 0 aliphatic carbocycles. The second kappa shape index (κ2) is 7.63. The van der Waals surface area contributed by atoms with Gasteiger partial charge in [0.15, 0.2) is 5.75 Å². The second-order valence-electron chi connectivity index (χ2n) is 6.61. The number of aromatic carboxylic acids is 1. The van der Waals surface area contributed by atoms with Crippen LogP contribution < -0.4 is 9.64 Å². The highest BCUT2D eigenvalue weighted by molar-refractivity contribution is 5.96. The number of nitrogens with zero attached hydrogens (tertiary/aromatic N) is 5. The zero-order valence-corrected chi connectivity index (χ0v) is 15.9. The molecule has 0 radical (unpaired) electrons. The van der Waals surface area contributed by atoms with Crippen molar-refractivity contribution in [3.8, 4) is 11.6 Å². The van der Waals surface area contributed by atoms with Gasteiger partial charge in [0.1, 0.15) is 5.69 Å². The summed E-state index contributed by atoms with van der Waals surface area (Å²) in [6.07, 6.45) is 1.65. The Morgan fingerprint density at radius 2 is 2.00 bits per heavy atom. The highest BCUT2D eigenvalue weighted by Gasteiger charge is 2.16. The van der Waals surface area contributed by atoms with Crippen LogP contribution in [0.4, 0.5) is 5.95 Å². The van der Waals surface area contributed by atoms with Crippen LogP contribution in [0.5, 0.6) is 11.6 Å². The largest absolute Gasteiger partial charge is 0.477 e. The minimum absolute atomic E-state index is 0.202. The second-order valence-corrected chi connectivity index (χ2v) is 6.61. The average Bonchev–Trinajstić information content (AvgIpc) is 2.98. The first kappa shape index (κ1) is 18.7. The SMILES string of the molecule is CN(C)CCN(C)c1nccc(Oc2cccc3cc(C(=O)O)n(C)c23)n1. The number of aromatic nitrogens is 3.